The zero-order chi connectivity index (χ0) is 12.1. The quantitative estimate of drug-likeness (QED) is 0.816. The predicted molar refractivity (Wildman–Crippen MR) is 67.1 cm³/mol. The summed E-state index contributed by atoms with van der Waals surface area (Å²) in [4.78, 5) is 4.02. The summed E-state index contributed by atoms with van der Waals surface area (Å²) in [6.45, 7) is 7.53. The van der Waals surface area contributed by atoms with Crippen LogP contribution in [0.25, 0.3) is 6.20 Å². The Kier molecular flexibility index (Phi) is 3.72. The van der Waals surface area contributed by atoms with Crippen molar-refractivity contribution in [1.82, 2.24) is 24.6 Å². The van der Waals surface area contributed by atoms with Gasteiger partial charge in [0.1, 0.15) is 0 Å². The first-order valence-electron chi connectivity index (χ1n) is 5.62. The van der Waals surface area contributed by atoms with E-state index in [2.05, 4.69) is 33.5 Å². The highest BCUT2D eigenvalue weighted by Crippen LogP contribution is 1.99. The molecule has 2 aromatic heterocycles. The summed E-state index contributed by atoms with van der Waals surface area (Å²) < 4.78 is 3.77. The fourth-order valence-electron chi connectivity index (χ4n) is 1.64. The number of aromatic nitrogens is 4. The molecule has 1 N–H and O–H groups in total. The standard InChI is InChI=1S/C12H17N5/c1-3-17-9-12(7-15-17)6-14-11(2)8-16-5-4-13-10-16/h3-5,7,9-11,14H,1,6,8H2,2H3. The van der Waals surface area contributed by atoms with Gasteiger partial charge in [0.25, 0.3) is 0 Å². The van der Waals surface area contributed by atoms with Gasteiger partial charge in [0, 0.05) is 49.5 Å². The van der Waals surface area contributed by atoms with E-state index < -0.39 is 0 Å². The lowest BCUT2D eigenvalue weighted by molar-refractivity contribution is 0.476. The molecule has 0 saturated carbocycles. The van der Waals surface area contributed by atoms with E-state index in [0.29, 0.717) is 6.04 Å². The molecule has 2 heterocycles. The van der Waals surface area contributed by atoms with Crippen LogP contribution >= 0.6 is 0 Å². The molecule has 2 aromatic rings. The summed E-state index contributed by atoms with van der Waals surface area (Å²) in [7, 11) is 0. The van der Waals surface area contributed by atoms with Crippen LogP contribution in [0.3, 0.4) is 0 Å². The lowest BCUT2D eigenvalue weighted by atomic mass is 10.3. The van der Waals surface area contributed by atoms with Gasteiger partial charge in [-0.3, -0.25) is 0 Å². The Balaban J connectivity index is 1.79. The number of nitrogens with one attached hydrogen (secondary N) is 1. The minimum atomic E-state index is 0.385. The maximum atomic E-state index is 4.13. The molecule has 17 heavy (non-hydrogen) atoms. The average molecular weight is 231 g/mol. The molecule has 0 amide bonds. The first kappa shape index (κ1) is 11.6. The summed E-state index contributed by atoms with van der Waals surface area (Å²) >= 11 is 0. The van der Waals surface area contributed by atoms with Gasteiger partial charge >= 0.3 is 0 Å². The Morgan fingerprint density at radius 3 is 3.12 bits per heavy atom. The molecule has 0 bridgehead atoms. The van der Waals surface area contributed by atoms with Crippen LogP contribution in [-0.4, -0.2) is 25.4 Å². The van der Waals surface area contributed by atoms with Crippen molar-refractivity contribution in [3.05, 3.63) is 43.3 Å². The largest absolute Gasteiger partial charge is 0.336 e. The van der Waals surface area contributed by atoms with Crippen LogP contribution in [0, 0.1) is 0 Å². The molecule has 0 saturated heterocycles. The Labute approximate surface area is 101 Å². The maximum Gasteiger partial charge on any atom is 0.0946 e. The van der Waals surface area contributed by atoms with Crippen LogP contribution in [0.1, 0.15) is 12.5 Å². The van der Waals surface area contributed by atoms with Gasteiger partial charge in [-0.15, -0.1) is 0 Å². The van der Waals surface area contributed by atoms with Gasteiger partial charge in [-0.1, -0.05) is 6.58 Å². The fourth-order valence-corrected chi connectivity index (χ4v) is 1.64. The van der Waals surface area contributed by atoms with E-state index in [1.807, 2.05) is 24.9 Å². The van der Waals surface area contributed by atoms with Crippen LogP contribution in [0.15, 0.2) is 37.7 Å². The number of rotatable bonds is 6. The highest BCUT2D eigenvalue weighted by Gasteiger charge is 2.03. The molecule has 1 unspecified atom stereocenters. The lowest BCUT2D eigenvalue weighted by Gasteiger charge is -2.13. The van der Waals surface area contributed by atoms with E-state index in [4.69, 9.17) is 0 Å². The van der Waals surface area contributed by atoms with Crippen molar-refractivity contribution in [2.24, 2.45) is 0 Å². The van der Waals surface area contributed by atoms with E-state index in [9.17, 15) is 0 Å². The van der Waals surface area contributed by atoms with Crippen molar-refractivity contribution in [3.8, 4) is 0 Å². The van der Waals surface area contributed by atoms with Gasteiger partial charge in [-0.25, -0.2) is 9.67 Å². The third-order valence-corrected chi connectivity index (χ3v) is 2.54. The molecule has 0 aromatic carbocycles. The van der Waals surface area contributed by atoms with Crippen molar-refractivity contribution in [2.75, 3.05) is 0 Å². The molecule has 2 rings (SSSR count). The van der Waals surface area contributed by atoms with Crippen molar-refractivity contribution >= 4 is 6.20 Å². The van der Waals surface area contributed by atoms with E-state index >= 15 is 0 Å². The second-order valence-electron chi connectivity index (χ2n) is 4.05. The van der Waals surface area contributed by atoms with Crippen LogP contribution in [-0.2, 0) is 13.1 Å². The van der Waals surface area contributed by atoms with Gasteiger partial charge in [0.2, 0.25) is 0 Å². The molecule has 0 aliphatic rings. The Hall–Kier alpha value is -1.88. The molecule has 5 heteroatoms. The molecule has 90 valence electrons. The Morgan fingerprint density at radius 2 is 2.47 bits per heavy atom. The van der Waals surface area contributed by atoms with E-state index in [1.165, 1.54) is 0 Å². The van der Waals surface area contributed by atoms with Crippen molar-refractivity contribution < 1.29 is 0 Å². The smallest absolute Gasteiger partial charge is 0.0946 e. The van der Waals surface area contributed by atoms with E-state index in [1.54, 1.807) is 17.1 Å². The minimum absolute atomic E-state index is 0.385. The average Bonchev–Trinajstić information content (AvgIpc) is 2.96. The summed E-state index contributed by atoms with van der Waals surface area (Å²) in [6.07, 6.45) is 11.1. The molecular formula is C12H17N5. The highest BCUT2D eigenvalue weighted by molar-refractivity contribution is 5.17. The van der Waals surface area contributed by atoms with Gasteiger partial charge in [0.05, 0.1) is 12.5 Å². The van der Waals surface area contributed by atoms with E-state index in [0.717, 1.165) is 18.7 Å². The summed E-state index contributed by atoms with van der Waals surface area (Å²) in [5.74, 6) is 0. The highest BCUT2D eigenvalue weighted by atomic mass is 15.2. The number of nitrogens with zero attached hydrogens (tertiary/aromatic N) is 4. The second kappa shape index (κ2) is 5.45. The second-order valence-corrected chi connectivity index (χ2v) is 4.05. The SMILES string of the molecule is C=Cn1cc(CNC(C)Cn2ccnc2)cn1. The van der Waals surface area contributed by atoms with Crippen LogP contribution in [0.5, 0.6) is 0 Å². The topological polar surface area (TPSA) is 47.7 Å². The van der Waals surface area contributed by atoms with Gasteiger partial charge in [-0.2, -0.15) is 5.10 Å². The molecule has 0 spiro atoms. The zero-order valence-electron chi connectivity index (χ0n) is 9.95. The molecular weight excluding hydrogens is 214 g/mol. The molecule has 0 fully saturated rings. The van der Waals surface area contributed by atoms with Crippen LogP contribution in [0.2, 0.25) is 0 Å². The Bertz CT molecular complexity index is 457. The van der Waals surface area contributed by atoms with Crippen molar-refractivity contribution in [3.63, 3.8) is 0 Å². The fraction of sp³-hybridized carbons (Fsp3) is 0.333. The number of hydrogen-bond acceptors (Lipinski definition) is 3. The normalized spacial score (nSPS) is 12.5. The molecule has 1 atom stereocenters. The third kappa shape index (κ3) is 3.29. The Morgan fingerprint density at radius 1 is 1.59 bits per heavy atom. The summed E-state index contributed by atoms with van der Waals surface area (Å²) in [6, 6.07) is 0.385. The monoisotopic (exact) mass is 231 g/mol. The first-order chi connectivity index (χ1) is 8.28. The predicted octanol–water partition coefficient (Wildman–Crippen LogP) is 1.36. The maximum absolute atomic E-state index is 4.13. The van der Waals surface area contributed by atoms with Crippen molar-refractivity contribution in [1.29, 1.82) is 0 Å². The molecule has 0 radical (unpaired) electrons. The van der Waals surface area contributed by atoms with Crippen LogP contribution < -0.4 is 5.32 Å². The third-order valence-electron chi connectivity index (χ3n) is 2.54. The lowest BCUT2D eigenvalue weighted by Crippen LogP contribution is -2.29. The van der Waals surface area contributed by atoms with Gasteiger partial charge in [-0.05, 0) is 6.92 Å². The summed E-state index contributed by atoms with van der Waals surface area (Å²) in [5, 5.41) is 7.57. The van der Waals surface area contributed by atoms with Gasteiger partial charge < -0.3 is 9.88 Å². The molecule has 0 aliphatic carbocycles. The van der Waals surface area contributed by atoms with E-state index in [-0.39, 0.29) is 0 Å². The number of hydrogen-bond donors (Lipinski definition) is 1. The first-order valence-corrected chi connectivity index (χ1v) is 5.62. The minimum Gasteiger partial charge on any atom is -0.336 e. The molecule has 0 aliphatic heterocycles. The van der Waals surface area contributed by atoms with Crippen LogP contribution in [0.4, 0.5) is 0 Å². The summed E-state index contributed by atoms with van der Waals surface area (Å²) in [5.41, 5.74) is 1.15. The van der Waals surface area contributed by atoms with Crippen molar-refractivity contribution in [2.45, 2.75) is 26.1 Å². The zero-order valence-corrected chi connectivity index (χ0v) is 9.95. The van der Waals surface area contributed by atoms with Gasteiger partial charge in [0.15, 0.2) is 0 Å². The number of imidazole rings is 1. The molecule has 5 nitrogen and oxygen atoms in total.